The fourth-order valence-corrected chi connectivity index (χ4v) is 6.13. The summed E-state index contributed by atoms with van der Waals surface area (Å²) in [6.45, 7) is 12.3. The lowest BCUT2D eigenvalue weighted by molar-refractivity contribution is -0.118. The molecule has 2 heterocycles. The van der Waals surface area contributed by atoms with Gasteiger partial charge in [0.15, 0.2) is 0 Å². The molecular formula is C37H45N5O3. The molecule has 0 N–H and O–H groups in total. The Kier molecular flexibility index (Phi) is 10.4. The Labute approximate surface area is 267 Å². The van der Waals surface area contributed by atoms with E-state index in [2.05, 4.69) is 53.4 Å². The average Bonchev–Trinajstić information content (AvgIpc) is 3.42. The molecule has 0 saturated carbocycles. The van der Waals surface area contributed by atoms with Crippen molar-refractivity contribution in [2.75, 3.05) is 38.2 Å². The monoisotopic (exact) mass is 607 g/mol. The van der Waals surface area contributed by atoms with Gasteiger partial charge in [0.2, 0.25) is 5.91 Å². The molecule has 45 heavy (non-hydrogen) atoms. The Morgan fingerprint density at radius 1 is 0.911 bits per heavy atom. The first-order chi connectivity index (χ1) is 21.7. The van der Waals surface area contributed by atoms with Crippen molar-refractivity contribution in [3.8, 4) is 5.75 Å². The van der Waals surface area contributed by atoms with Gasteiger partial charge in [-0.15, -0.1) is 0 Å². The first-order valence-electron chi connectivity index (χ1n) is 15.8. The van der Waals surface area contributed by atoms with E-state index in [4.69, 9.17) is 4.74 Å². The second-order valence-corrected chi connectivity index (χ2v) is 12.2. The van der Waals surface area contributed by atoms with Gasteiger partial charge in [0.1, 0.15) is 11.6 Å². The third-order valence-corrected chi connectivity index (χ3v) is 8.72. The number of fused-ring (bicyclic) bond motifs is 1. The number of nitrogens with zero attached hydrogens (tertiary/aromatic N) is 5. The van der Waals surface area contributed by atoms with Crippen molar-refractivity contribution in [2.45, 2.75) is 59.7 Å². The lowest BCUT2D eigenvalue weighted by atomic mass is 10.0. The fourth-order valence-electron chi connectivity index (χ4n) is 6.13. The molecule has 4 aromatic rings. The molecule has 2 amide bonds. The number of anilines is 1. The van der Waals surface area contributed by atoms with Crippen LogP contribution in [0.15, 0.2) is 79.1 Å². The highest BCUT2D eigenvalue weighted by molar-refractivity contribution is 5.97. The van der Waals surface area contributed by atoms with Gasteiger partial charge in [-0.2, -0.15) is 0 Å². The highest BCUT2D eigenvalue weighted by atomic mass is 16.5. The number of aromatic nitrogens is 2. The molecule has 1 aliphatic rings. The van der Waals surface area contributed by atoms with Crippen LogP contribution in [0.25, 0.3) is 0 Å². The topological polar surface area (TPSA) is 70.9 Å². The number of aryl methyl sites for hydroxylation is 2. The molecule has 1 aliphatic heterocycles. The number of benzene rings is 3. The van der Waals surface area contributed by atoms with Crippen LogP contribution in [0.1, 0.15) is 58.7 Å². The van der Waals surface area contributed by atoms with Crippen LogP contribution in [0.4, 0.5) is 5.69 Å². The van der Waals surface area contributed by atoms with Crippen LogP contribution >= 0.6 is 0 Å². The first kappa shape index (κ1) is 32.0. The predicted octanol–water partition coefficient (Wildman–Crippen LogP) is 5.89. The van der Waals surface area contributed by atoms with Crippen LogP contribution in [0.5, 0.6) is 5.75 Å². The van der Waals surface area contributed by atoms with Crippen molar-refractivity contribution >= 4 is 17.5 Å². The van der Waals surface area contributed by atoms with E-state index < -0.39 is 0 Å². The maximum Gasteiger partial charge on any atom is 0.254 e. The molecule has 0 atom stereocenters. The van der Waals surface area contributed by atoms with Gasteiger partial charge in [-0.05, 0) is 80.6 Å². The van der Waals surface area contributed by atoms with E-state index in [1.54, 1.807) is 13.3 Å². The summed E-state index contributed by atoms with van der Waals surface area (Å²) in [7, 11) is 1.64. The van der Waals surface area contributed by atoms with Crippen molar-refractivity contribution in [3.63, 3.8) is 0 Å². The Hall–Kier alpha value is -4.43. The Morgan fingerprint density at radius 3 is 2.40 bits per heavy atom. The summed E-state index contributed by atoms with van der Waals surface area (Å²) in [6, 6.07) is 22.0. The van der Waals surface area contributed by atoms with Crippen molar-refractivity contribution in [2.24, 2.45) is 0 Å². The number of hydrogen-bond donors (Lipinski definition) is 0. The summed E-state index contributed by atoms with van der Waals surface area (Å²) in [5.74, 6) is 1.74. The summed E-state index contributed by atoms with van der Waals surface area (Å²) in [6.07, 6.45) is 4.88. The smallest absolute Gasteiger partial charge is 0.254 e. The molecule has 0 saturated heterocycles. The van der Waals surface area contributed by atoms with E-state index in [0.717, 1.165) is 59.0 Å². The van der Waals surface area contributed by atoms with E-state index in [1.165, 1.54) is 0 Å². The number of hydrogen-bond acceptors (Lipinski definition) is 5. The zero-order valence-corrected chi connectivity index (χ0v) is 27.2. The van der Waals surface area contributed by atoms with Crippen LogP contribution in [-0.4, -0.2) is 70.5 Å². The second-order valence-electron chi connectivity index (χ2n) is 12.2. The van der Waals surface area contributed by atoms with Gasteiger partial charge in [-0.1, -0.05) is 42.5 Å². The van der Waals surface area contributed by atoms with E-state index in [-0.39, 0.29) is 18.2 Å². The van der Waals surface area contributed by atoms with E-state index >= 15 is 0 Å². The molecule has 0 unspecified atom stereocenters. The molecular weight excluding hydrogens is 562 g/mol. The van der Waals surface area contributed by atoms with Crippen LogP contribution in [0, 0.1) is 13.8 Å². The van der Waals surface area contributed by atoms with Crippen LogP contribution in [0.2, 0.25) is 0 Å². The van der Waals surface area contributed by atoms with Crippen molar-refractivity contribution < 1.29 is 14.3 Å². The lowest BCUT2D eigenvalue weighted by Gasteiger charge is -2.30. The molecule has 3 aromatic carbocycles. The van der Waals surface area contributed by atoms with E-state index in [1.807, 2.05) is 71.5 Å². The molecule has 8 nitrogen and oxygen atoms in total. The first-order valence-corrected chi connectivity index (χ1v) is 15.8. The van der Waals surface area contributed by atoms with Crippen molar-refractivity contribution in [1.29, 1.82) is 0 Å². The lowest BCUT2D eigenvalue weighted by Crippen LogP contribution is -2.41. The van der Waals surface area contributed by atoms with Gasteiger partial charge in [0.05, 0.1) is 19.2 Å². The molecule has 0 radical (unpaired) electrons. The zero-order valence-electron chi connectivity index (χ0n) is 27.2. The summed E-state index contributed by atoms with van der Waals surface area (Å²) in [4.78, 5) is 38.9. The van der Waals surface area contributed by atoms with Gasteiger partial charge in [0.25, 0.3) is 5.91 Å². The van der Waals surface area contributed by atoms with Gasteiger partial charge >= 0.3 is 0 Å². The predicted molar refractivity (Wildman–Crippen MR) is 179 cm³/mol. The van der Waals surface area contributed by atoms with Crippen LogP contribution in [-0.2, 0) is 24.3 Å². The minimum Gasteiger partial charge on any atom is -0.497 e. The summed E-state index contributed by atoms with van der Waals surface area (Å²) in [5, 5.41) is 0. The van der Waals surface area contributed by atoms with Crippen molar-refractivity contribution in [1.82, 2.24) is 19.4 Å². The maximum atomic E-state index is 14.2. The second kappa shape index (κ2) is 14.6. The number of amides is 2. The summed E-state index contributed by atoms with van der Waals surface area (Å²) >= 11 is 0. The number of rotatable bonds is 7. The number of methoxy groups -OCH3 is 1. The molecule has 5 rings (SSSR count). The Morgan fingerprint density at radius 2 is 1.69 bits per heavy atom. The standard InChI is InChI=1S/C37H45N5O3/c1-27(2)39-18-8-19-42(35(43)24-30-13-15-34(45-5)16-14-30)36-28(3)9-6-12-33(36)26-41(22-21-39)37(44)32-11-7-10-31(23-32)25-40-20-17-38-29(40)4/h6-7,9-17,20,23,27H,8,18-19,21-22,24-26H2,1-5H3. The fraction of sp³-hybridized carbons (Fsp3) is 0.378. The highest BCUT2D eigenvalue weighted by Gasteiger charge is 2.26. The van der Waals surface area contributed by atoms with Crippen LogP contribution in [0.3, 0.4) is 0 Å². The largest absolute Gasteiger partial charge is 0.497 e. The number of carbonyl (C=O) groups excluding carboxylic acids is 2. The molecule has 236 valence electrons. The van der Waals surface area contributed by atoms with E-state index in [0.29, 0.717) is 37.8 Å². The normalized spacial score (nSPS) is 14.6. The Balaban J connectivity index is 1.47. The Bertz CT molecular complexity index is 1610. The SMILES string of the molecule is COc1ccc(CC(=O)N2CCCN(C(C)C)CCN(C(=O)c3cccc(Cn4ccnc4C)c3)Cc3cccc(C)c32)cc1. The molecule has 0 aliphatic carbocycles. The number of para-hydroxylation sites is 1. The minimum atomic E-state index is -0.00859. The minimum absolute atomic E-state index is 0.00859. The molecule has 8 heteroatoms. The third kappa shape index (κ3) is 7.81. The zero-order chi connectivity index (χ0) is 31.9. The molecule has 0 bridgehead atoms. The van der Waals surface area contributed by atoms with Gasteiger partial charge < -0.3 is 19.1 Å². The quantitative estimate of drug-likeness (QED) is 0.262. The summed E-state index contributed by atoms with van der Waals surface area (Å²) < 4.78 is 7.39. The summed E-state index contributed by atoms with van der Waals surface area (Å²) in [5.41, 5.74) is 5.58. The maximum absolute atomic E-state index is 14.2. The van der Waals surface area contributed by atoms with Gasteiger partial charge in [-0.25, -0.2) is 4.98 Å². The molecule has 0 fully saturated rings. The van der Waals surface area contributed by atoms with Gasteiger partial charge in [-0.3, -0.25) is 14.5 Å². The highest BCUT2D eigenvalue weighted by Crippen LogP contribution is 2.29. The average molecular weight is 608 g/mol. The van der Waals surface area contributed by atoms with Gasteiger partial charge in [0, 0.05) is 63.3 Å². The third-order valence-electron chi connectivity index (χ3n) is 8.72. The van der Waals surface area contributed by atoms with Crippen LogP contribution < -0.4 is 9.64 Å². The number of carbonyl (C=O) groups is 2. The van der Waals surface area contributed by atoms with Crippen molar-refractivity contribution in [3.05, 3.63) is 113 Å². The number of ether oxygens (including phenoxy) is 1. The molecule has 1 aromatic heterocycles. The molecule has 0 spiro atoms. The van der Waals surface area contributed by atoms with E-state index in [9.17, 15) is 9.59 Å². The number of imidazole rings is 1.